The van der Waals surface area contributed by atoms with Crippen LogP contribution in [0.3, 0.4) is 0 Å². The number of thioether (sulfide) groups is 1. The van der Waals surface area contributed by atoms with Crippen LogP contribution in [0.25, 0.3) is 0 Å². The van der Waals surface area contributed by atoms with Gasteiger partial charge in [0.1, 0.15) is 11.6 Å². The molecule has 0 atom stereocenters. The van der Waals surface area contributed by atoms with Crippen LogP contribution in [-0.2, 0) is 4.74 Å². The van der Waals surface area contributed by atoms with Crippen molar-refractivity contribution in [2.45, 2.75) is 24.7 Å². The zero-order chi connectivity index (χ0) is 12.7. The van der Waals surface area contributed by atoms with Crippen LogP contribution in [0.2, 0.25) is 0 Å². The zero-order valence-corrected chi connectivity index (χ0v) is 10.7. The van der Waals surface area contributed by atoms with Crippen LogP contribution in [0.1, 0.15) is 19.8 Å². The molecule has 0 aliphatic carbocycles. The lowest BCUT2D eigenvalue weighted by Gasteiger charge is -2.06. The van der Waals surface area contributed by atoms with Gasteiger partial charge in [0.05, 0.1) is 11.5 Å². The first-order valence-electron chi connectivity index (χ1n) is 5.60. The Morgan fingerprint density at radius 2 is 1.88 bits per heavy atom. The Bertz CT molecular complexity index is 337. The molecule has 1 rings (SSSR count). The first-order chi connectivity index (χ1) is 8.15. The molecule has 0 unspecified atom stereocenters. The topological polar surface area (TPSA) is 35.2 Å². The van der Waals surface area contributed by atoms with E-state index in [1.165, 1.54) is 0 Å². The van der Waals surface area contributed by atoms with Crippen molar-refractivity contribution in [2.75, 3.05) is 24.7 Å². The standard InChI is InChI=1S/C12H17F2NOS/c1-2-3-4-16-5-6-17-12-10(13)7-9(15)8-11(12)14/h7-8H,2-6,15H2,1H3. The van der Waals surface area contributed by atoms with Gasteiger partial charge in [-0.15, -0.1) is 11.8 Å². The number of rotatable bonds is 7. The van der Waals surface area contributed by atoms with Gasteiger partial charge in [0.2, 0.25) is 0 Å². The summed E-state index contributed by atoms with van der Waals surface area (Å²) in [5.41, 5.74) is 5.42. The van der Waals surface area contributed by atoms with Gasteiger partial charge in [0.15, 0.2) is 0 Å². The molecule has 17 heavy (non-hydrogen) atoms. The molecule has 0 saturated carbocycles. The van der Waals surface area contributed by atoms with Gasteiger partial charge in [-0.3, -0.25) is 0 Å². The van der Waals surface area contributed by atoms with Crippen molar-refractivity contribution in [3.63, 3.8) is 0 Å². The highest BCUT2D eigenvalue weighted by Gasteiger charge is 2.10. The van der Waals surface area contributed by atoms with Gasteiger partial charge in [-0.1, -0.05) is 13.3 Å². The SMILES string of the molecule is CCCCOCCSc1c(F)cc(N)cc1F. The number of nitrogen functional groups attached to an aromatic ring is 1. The van der Waals surface area contributed by atoms with Crippen molar-refractivity contribution in [1.82, 2.24) is 0 Å². The molecule has 5 heteroatoms. The largest absolute Gasteiger partial charge is 0.399 e. The van der Waals surface area contributed by atoms with Crippen LogP contribution >= 0.6 is 11.8 Å². The van der Waals surface area contributed by atoms with Gasteiger partial charge in [-0.05, 0) is 18.6 Å². The van der Waals surface area contributed by atoms with Crippen molar-refractivity contribution in [3.05, 3.63) is 23.8 Å². The van der Waals surface area contributed by atoms with Crippen LogP contribution in [0, 0.1) is 11.6 Å². The van der Waals surface area contributed by atoms with E-state index in [1.807, 2.05) is 0 Å². The highest BCUT2D eigenvalue weighted by atomic mass is 32.2. The minimum atomic E-state index is -0.610. The number of anilines is 1. The van der Waals surface area contributed by atoms with Gasteiger partial charge in [0, 0.05) is 18.0 Å². The second-order valence-electron chi connectivity index (χ2n) is 3.63. The van der Waals surface area contributed by atoms with E-state index >= 15 is 0 Å². The quantitative estimate of drug-likeness (QED) is 0.464. The zero-order valence-electron chi connectivity index (χ0n) is 9.84. The fraction of sp³-hybridized carbons (Fsp3) is 0.500. The Labute approximate surface area is 105 Å². The molecule has 0 aliphatic heterocycles. The van der Waals surface area contributed by atoms with E-state index in [1.54, 1.807) is 0 Å². The lowest BCUT2D eigenvalue weighted by Crippen LogP contribution is -2.00. The number of hydrogen-bond donors (Lipinski definition) is 1. The normalized spacial score (nSPS) is 10.8. The first-order valence-corrected chi connectivity index (χ1v) is 6.58. The van der Waals surface area contributed by atoms with Crippen LogP contribution in [0.15, 0.2) is 17.0 Å². The molecule has 1 aromatic rings. The molecule has 0 fully saturated rings. The van der Waals surface area contributed by atoms with E-state index in [2.05, 4.69) is 6.92 Å². The third-order valence-electron chi connectivity index (χ3n) is 2.14. The van der Waals surface area contributed by atoms with E-state index in [9.17, 15) is 8.78 Å². The smallest absolute Gasteiger partial charge is 0.141 e. The Morgan fingerprint density at radius 1 is 1.24 bits per heavy atom. The molecule has 2 nitrogen and oxygen atoms in total. The third kappa shape index (κ3) is 4.91. The molecule has 0 saturated heterocycles. The molecule has 0 heterocycles. The molecule has 96 valence electrons. The van der Waals surface area contributed by atoms with Crippen LogP contribution in [0.5, 0.6) is 0 Å². The summed E-state index contributed by atoms with van der Waals surface area (Å²) in [5.74, 6) is -0.691. The molecule has 0 aliphatic rings. The van der Waals surface area contributed by atoms with E-state index in [0.29, 0.717) is 19.0 Å². The van der Waals surface area contributed by atoms with Gasteiger partial charge >= 0.3 is 0 Å². The molecule has 0 aromatic heterocycles. The average Bonchev–Trinajstić information content (AvgIpc) is 2.26. The third-order valence-corrected chi connectivity index (χ3v) is 3.19. The summed E-state index contributed by atoms with van der Waals surface area (Å²) in [5, 5.41) is 0. The lowest BCUT2D eigenvalue weighted by molar-refractivity contribution is 0.147. The summed E-state index contributed by atoms with van der Waals surface area (Å²) in [7, 11) is 0. The van der Waals surface area contributed by atoms with Gasteiger partial charge in [-0.25, -0.2) is 8.78 Å². The Hall–Kier alpha value is -0.810. The highest BCUT2D eigenvalue weighted by Crippen LogP contribution is 2.26. The summed E-state index contributed by atoms with van der Waals surface area (Å²) in [6, 6.07) is 2.26. The summed E-state index contributed by atoms with van der Waals surface area (Å²) in [4.78, 5) is 0.0123. The number of ether oxygens (including phenoxy) is 1. The first kappa shape index (κ1) is 14.3. The Kier molecular flexibility index (Phi) is 6.29. The fourth-order valence-corrected chi connectivity index (χ4v) is 2.07. The summed E-state index contributed by atoms with van der Waals surface area (Å²) in [6.45, 7) is 3.27. The molecule has 0 bridgehead atoms. The number of nitrogens with two attached hydrogens (primary N) is 1. The molecular formula is C12H17F2NOS. The van der Waals surface area contributed by atoms with Gasteiger partial charge in [0.25, 0.3) is 0 Å². The second-order valence-corrected chi connectivity index (χ2v) is 4.73. The number of halogens is 2. The van der Waals surface area contributed by atoms with Crippen molar-refractivity contribution < 1.29 is 13.5 Å². The Balaban J connectivity index is 2.36. The number of hydrogen-bond acceptors (Lipinski definition) is 3. The molecule has 0 radical (unpaired) electrons. The highest BCUT2D eigenvalue weighted by molar-refractivity contribution is 7.99. The van der Waals surface area contributed by atoms with Gasteiger partial charge in [-0.2, -0.15) is 0 Å². The van der Waals surface area contributed by atoms with Crippen molar-refractivity contribution in [3.8, 4) is 0 Å². The lowest BCUT2D eigenvalue weighted by atomic mass is 10.3. The fourth-order valence-electron chi connectivity index (χ4n) is 1.27. The van der Waals surface area contributed by atoms with Crippen molar-refractivity contribution in [1.29, 1.82) is 0 Å². The summed E-state index contributed by atoms with van der Waals surface area (Å²) in [6.07, 6.45) is 2.09. The monoisotopic (exact) mass is 261 g/mol. The van der Waals surface area contributed by atoms with Gasteiger partial charge < -0.3 is 10.5 Å². The molecule has 0 amide bonds. The van der Waals surface area contributed by atoms with E-state index < -0.39 is 11.6 Å². The predicted molar refractivity (Wildman–Crippen MR) is 67.2 cm³/mol. The minimum Gasteiger partial charge on any atom is -0.399 e. The summed E-state index contributed by atoms with van der Waals surface area (Å²) >= 11 is 1.11. The second kappa shape index (κ2) is 7.50. The maximum absolute atomic E-state index is 13.4. The van der Waals surface area contributed by atoms with E-state index in [4.69, 9.17) is 10.5 Å². The maximum atomic E-state index is 13.4. The van der Waals surface area contributed by atoms with Crippen LogP contribution < -0.4 is 5.73 Å². The molecular weight excluding hydrogens is 244 g/mol. The predicted octanol–water partition coefficient (Wildman–Crippen LogP) is 3.46. The number of unbranched alkanes of at least 4 members (excludes halogenated alkanes) is 1. The average molecular weight is 261 g/mol. The van der Waals surface area contributed by atoms with E-state index in [0.717, 1.165) is 36.7 Å². The van der Waals surface area contributed by atoms with Crippen LogP contribution in [0.4, 0.5) is 14.5 Å². The minimum absolute atomic E-state index is 0.0123. The molecule has 1 aromatic carbocycles. The molecule has 0 spiro atoms. The van der Waals surface area contributed by atoms with Crippen molar-refractivity contribution in [2.24, 2.45) is 0 Å². The Morgan fingerprint density at radius 3 is 2.47 bits per heavy atom. The van der Waals surface area contributed by atoms with E-state index in [-0.39, 0.29) is 10.6 Å². The number of benzene rings is 1. The molecule has 2 N–H and O–H groups in total. The maximum Gasteiger partial charge on any atom is 0.141 e. The van der Waals surface area contributed by atoms with Crippen LogP contribution in [-0.4, -0.2) is 19.0 Å². The van der Waals surface area contributed by atoms with Crippen molar-refractivity contribution >= 4 is 17.4 Å². The summed E-state index contributed by atoms with van der Waals surface area (Å²) < 4.78 is 32.0.